The highest BCUT2D eigenvalue weighted by molar-refractivity contribution is 7.22. The molecule has 1 N–H and O–H groups in total. The van der Waals surface area contributed by atoms with E-state index in [2.05, 4.69) is 35.4 Å². The number of aryl methyl sites for hydroxylation is 1. The van der Waals surface area contributed by atoms with Crippen LogP contribution in [0.5, 0.6) is 0 Å². The summed E-state index contributed by atoms with van der Waals surface area (Å²) >= 11 is 1.50. The van der Waals surface area contributed by atoms with E-state index in [1.807, 2.05) is 72.6 Å². The van der Waals surface area contributed by atoms with E-state index < -0.39 is 5.92 Å². The number of carbonyl (C=O) groups is 1. The van der Waals surface area contributed by atoms with Crippen molar-refractivity contribution in [2.24, 2.45) is 11.0 Å². The Morgan fingerprint density at radius 2 is 1.68 bits per heavy atom. The number of benzene rings is 3. The van der Waals surface area contributed by atoms with Crippen LogP contribution in [0.15, 0.2) is 84.0 Å². The average molecular weight is 427 g/mol. The number of hydrogen-bond donors (Lipinski definition) is 1. The molecule has 5 rings (SSSR count). The highest BCUT2D eigenvalue weighted by atomic mass is 32.1. The molecule has 2 heterocycles. The summed E-state index contributed by atoms with van der Waals surface area (Å²) in [6.45, 7) is 3.98. The van der Waals surface area contributed by atoms with Crippen LogP contribution in [-0.2, 0) is 4.79 Å². The minimum absolute atomic E-state index is 0.0932. The molecule has 0 saturated heterocycles. The van der Waals surface area contributed by atoms with Gasteiger partial charge in [-0.2, -0.15) is 5.10 Å². The van der Waals surface area contributed by atoms with Crippen molar-refractivity contribution < 1.29 is 4.79 Å². The van der Waals surface area contributed by atoms with E-state index in [9.17, 15) is 4.79 Å². The zero-order chi connectivity index (χ0) is 21.4. The number of aromatic nitrogens is 1. The lowest BCUT2D eigenvalue weighted by atomic mass is 9.89. The Morgan fingerprint density at radius 1 is 0.968 bits per heavy atom. The SMILES string of the molecule is CC1=NN(c2ccccc2)C(c2ccccc2)C1C(=O)Nc1nc2ccc(C)cc2s1. The summed E-state index contributed by atoms with van der Waals surface area (Å²) in [6, 6.07) is 26.0. The van der Waals surface area contributed by atoms with Crippen LogP contribution in [0.4, 0.5) is 10.8 Å². The number of hydrogen-bond acceptors (Lipinski definition) is 5. The van der Waals surface area contributed by atoms with Gasteiger partial charge in [0, 0.05) is 0 Å². The van der Waals surface area contributed by atoms with Gasteiger partial charge in [0.1, 0.15) is 5.92 Å². The molecule has 4 aromatic rings. The molecule has 3 aromatic carbocycles. The first-order chi connectivity index (χ1) is 15.1. The van der Waals surface area contributed by atoms with E-state index in [0.29, 0.717) is 5.13 Å². The number of nitrogens with one attached hydrogen (secondary N) is 1. The summed E-state index contributed by atoms with van der Waals surface area (Å²) in [7, 11) is 0. The van der Waals surface area contributed by atoms with E-state index in [1.165, 1.54) is 16.9 Å². The molecule has 0 fully saturated rings. The van der Waals surface area contributed by atoms with Crippen LogP contribution in [-0.4, -0.2) is 16.6 Å². The van der Waals surface area contributed by atoms with Crippen LogP contribution >= 0.6 is 11.3 Å². The number of carbonyl (C=O) groups excluding carboxylic acids is 1. The third kappa shape index (κ3) is 3.70. The maximum atomic E-state index is 13.5. The monoisotopic (exact) mass is 426 g/mol. The van der Waals surface area contributed by atoms with Crippen molar-refractivity contribution in [3.8, 4) is 0 Å². The average Bonchev–Trinajstić information content (AvgIpc) is 3.34. The first-order valence-electron chi connectivity index (χ1n) is 10.2. The molecule has 1 aromatic heterocycles. The summed E-state index contributed by atoms with van der Waals surface area (Å²) in [5.41, 5.74) is 4.87. The fraction of sp³-hybridized carbons (Fsp3) is 0.160. The van der Waals surface area contributed by atoms with Gasteiger partial charge in [-0.1, -0.05) is 65.9 Å². The molecule has 2 unspecified atom stereocenters. The Labute approximate surface area is 185 Å². The normalized spacial score (nSPS) is 18.3. The molecule has 1 aliphatic heterocycles. The first-order valence-corrected chi connectivity index (χ1v) is 11.0. The summed E-state index contributed by atoms with van der Waals surface area (Å²) in [4.78, 5) is 18.1. The molecule has 6 heteroatoms. The number of nitrogens with zero attached hydrogens (tertiary/aromatic N) is 3. The van der Waals surface area contributed by atoms with Crippen molar-refractivity contribution in [3.05, 3.63) is 90.0 Å². The second kappa shape index (κ2) is 7.96. The number of anilines is 2. The van der Waals surface area contributed by atoms with Gasteiger partial charge >= 0.3 is 0 Å². The summed E-state index contributed by atoms with van der Waals surface area (Å²) in [6.07, 6.45) is 0. The van der Waals surface area contributed by atoms with Crippen molar-refractivity contribution in [3.63, 3.8) is 0 Å². The molecule has 0 aliphatic carbocycles. The summed E-state index contributed by atoms with van der Waals surface area (Å²) < 4.78 is 1.07. The topological polar surface area (TPSA) is 57.6 Å². The summed E-state index contributed by atoms with van der Waals surface area (Å²) in [5.74, 6) is -0.513. The van der Waals surface area contributed by atoms with Gasteiger partial charge < -0.3 is 5.32 Å². The molecule has 2 atom stereocenters. The van der Waals surface area contributed by atoms with E-state index in [1.54, 1.807) is 0 Å². The van der Waals surface area contributed by atoms with Gasteiger partial charge in [0.05, 0.1) is 27.7 Å². The third-order valence-corrected chi connectivity index (χ3v) is 6.45. The van der Waals surface area contributed by atoms with Crippen molar-refractivity contribution in [2.45, 2.75) is 19.9 Å². The predicted molar refractivity (Wildman–Crippen MR) is 128 cm³/mol. The molecule has 0 spiro atoms. The van der Waals surface area contributed by atoms with E-state index in [-0.39, 0.29) is 11.9 Å². The molecule has 0 saturated carbocycles. The second-order valence-corrected chi connectivity index (χ2v) is 8.76. The Morgan fingerprint density at radius 3 is 2.42 bits per heavy atom. The Kier molecular flexibility index (Phi) is 5.00. The standard InChI is InChI=1S/C25H22N4OS/c1-16-13-14-20-21(15-16)31-25(26-20)27-24(30)22-17(2)28-29(19-11-7-4-8-12-19)23(22)18-9-5-3-6-10-18/h3-15,22-23H,1-2H3,(H,26,27,30). The maximum absolute atomic E-state index is 13.5. The number of thiazole rings is 1. The van der Waals surface area contributed by atoms with Gasteiger partial charge in [0.15, 0.2) is 5.13 Å². The van der Waals surface area contributed by atoms with Crippen molar-refractivity contribution in [2.75, 3.05) is 10.3 Å². The lowest BCUT2D eigenvalue weighted by molar-refractivity contribution is -0.118. The van der Waals surface area contributed by atoms with Gasteiger partial charge in [-0.25, -0.2) is 4.98 Å². The number of para-hydroxylation sites is 1. The molecule has 0 bridgehead atoms. The van der Waals surface area contributed by atoms with E-state index in [0.717, 1.165) is 27.2 Å². The zero-order valence-electron chi connectivity index (χ0n) is 17.3. The van der Waals surface area contributed by atoms with Crippen LogP contribution in [0.1, 0.15) is 24.1 Å². The van der Waals surface area contributed by atoms with Gasteiger partial charge in [-0.15, -0.1) is 0 Å². The minimum Gasteiger partial charge on any atom is -0.301 e. The van der Waals surface area contributed by atoms with Crippen LogP contribution < -0.4 is 10.3 Å². The van der Waals surface area contributed by atoms with Gasteiger partial charge in [0.2, 0.25) is 5.91 Å². The maximum Gasteiger partial charge on any atom is 0.237 e. The fourth-order valence-corrected chi connectivity index (χ4v) is 5.02. The zero-order valence-corrected chi connectivity index (χ0v) is 18.1. The molecule has 1 aliphatic rings. The van der Waals surface area contributed by atoms with E-state index in [4.69, 9.17) is 5.10 Å². The number of fused-ring (bicyclic) bond motifs is 1. The highest BCUT2D eigenvalue weighted by Gasteiger charge is 2.42. The number of amides is 1. The van der Waals surface area contributed by atoms with E-state index >= 15 is 0 Å². The predicted octanol–water partition coefficient (Wildman–Crippen LogP) is 5.80. The van der Waals surface area contributed by atoms with Gasteiger partial charge in [0.25, 0.3) is 0 Å². The smallest absolute Gasteiger partial charge is 0.237 e. The molecule has 31 heavy (non-hydrogen) atoms. The number of hydrazone groups is 1. The quantitative estimate of drug-likeness (QED) is 0.449. The lowest BCUT2D eigenvalue weighted by Gasteiger charge is -2.27. The third-order valence-electron chi connectivity index (χ3n) is 5.51. The van der Waals surface area contributed by atoms with Crippen molar-refractivity contribution >= 4 is 44.0 Å². The highest BCUT2D eigenvalue weighted by Crippen LogP contribution is 2.40. The van der Waals surface area contributed by atoms with Crippen molar-refractivity contribution in [1.82, 2.24) is 4.98 Å². The van der Waals surface area contributed by atoms with Gasteiger partial charge in [-0.05, 0) is 49.2 Å². The van der Waals surface area contributed by atoms with Crippen LogP contribution in [0.2, 0.25) is 0 Å². The molecule has 1 amide bonds. The Bertz CT molecular complexity index is 1270. The molecular formula is C25H22N4OS. The fourth-order valence-electron chi connectivity index (χ4n) is 4.05. The lowest BCUT2D eigenvalue weighted by Crippen LogP contribution is -2.34. The molecule has 154 valence electrons. The first kappa shape index (κ1) is 19.5. The molecule has 0 radical (unpaired) electrons. The minimum atomic E-state index is -0.420. The molecular weight excluding hydrogens is 404 g/mol. The Balaban J connectivity index is 1.49. The Hall–Kier alpha value is -3.51. The van der Waals surface area contributed by atoms with Crippen LogP contribution in [0.25, 0.3) is 10.2 Å². The largest absolute Gasteiger partial charge is 0.301 e. The summed E-state index contributed by atoms with van der Waals surface area (Å²) in [5, 5.41) is 10.4. The number of rotatable bonds is 4. The van der Waals surface area contributed by atoms with Gasteiger partial charge in [-0.3, -0.25) is 9.80 Å². The van der Waals surface area contributed by atoms with Crippen LogP contribution in [0.3, 0.4) is 0 Å². The van der Waals surface area contributed by atoms with Crippen molar-refractivity contribution in [1.29, 1.82) is 0 Å². The molecule has 5 nitrogen and oxygen atoms in total. The second-order valence-electron chi connectivity index (χ2n) is 7.73. The van der Waals surface area contributed by atoms with Crippen LogP contribution in [0, 0.1) is 12.8 Å².